The van der Waals surface area contributed by atoms with Gasteiger partial charge in [-0.1, -0.05) is 30.3 Å². The number of hydrogen-bond acceptors (Lipinski definition) is 2. The molecule has 0 amide bonds. The van der Waals surface area contributed by atoms with Crippen molar-refractivity contribution in [3.05, 3.63) is 41.8 Å². The molecule has 0 saturated carbocycles. The molecule has 0 aliphatic carbocycles. The standard InChI is InChI=1S/C12H13NS/c1-13(2)11-8-12(14-9-11)10-6-4-3-5-7-10/h3-9H,1-2H3. The Hall–Kier alpha value is -1.28. The minimum Gasteiger partial charge on any atom is -0.377 e. The molecule has 0 N–H and O–H groups in total. The van der Waals surface area contributed by atoms with E-state index in [2.05, 4.69) is 54.7 Å². The van der Waals surface area contributed by atoms with Crippen LogP contribution in [0.2, 0.25) is 0 Å². The fraction of sp³-hybridized carbons (Fsp3) is 0.167. The molecule has 0 unspecified atom stereocenters. The molecule has 2 rings (SSSR count). The smallest absolute Gasteiger partial charge is 0.0476 e. The van der Waals surface area contributed by atoms with Crippen LogP contribution in [-0.2, 0) is 0 Å². The monoisotopic (exact) mass is 203 g/mol. The van der Waals surface area contributed by atoms with E-state index in [0.717, 1.165) is 0 Å². The number of thiophene rings is 1. The predicted molar refractivity (Wildman–Crippen MR) is 64.1 cm³/mol. The molecule has 1 aromatic heterocycles. The minimum absolute atomic E-state index is 1.27. The van der Waals surface area contributed by atoms with Gasteiger partial charge in [0.2, 0.25) is 0 Å². The highest BCUT2D eigenvalue weighted by Crippen LogP contribution is 2.30. The second-order valence-electron chi connectivity index (χ2n) is 3.43. The Kier molecular flexibility index (Phi) is 2.55. The Morgan fingerprint density at radius 2 is 1.79 bits per heavy atom. The lowest BCUT2D eigenvalue weighted by Gasteiger charge is -2.07. The average Bonchev–Trinajstić information content (AvgIpc) is 2.68. The van der Waals surface area contributed by atoms with Gasteiger partial charge in [0.05, 0.1) is 0 Å². The van der Waals surface area contributed by atoms with Gasteiger partial charge >= 0.3 is 0 Å². The van der Waals surface area contributed by atoms with Crippen LogP contribution in [0.3, 0.4) is 0 Å². The molecular formula is C12H13NS. The van der Waals surface area contributed by atoms with Crippen LogP contribution in [0.4, 0.5) is 5.69 Å². The maximum absolute atomic E-state index is 2.22. The number of anilines is 1. The van der Waals surface area contributed by atoms with Crippen LogP contribution < -0.4 is 4.90 Å². The van der Waals surface area contributed by atoms with Crippen molar-refractivity contribution in [3.63, 3.8) is 0 Å². The molecule has 0 bridgehead atoms. The molecule has 14 heavy (non-hydrogen) atoms. The zero-order valence-electron chi connectivity index (χ0n) is 8.40. The van der Waals surface area contributed by atoms with E-state index in [1.165, 1.54) is 16.1 Å². The predicted octanol–water partition coefficient (Wildman–Crippen LogP) is 3.48. The van der Waals surface area contributed by atoms with Gasteiger partial charge in [-0.3, -0.25) is 0 Å². The van der Waals surface area contributed by atoms with Gasteiger partial charge in [-0.2, -0.15) is 0 Å². The summed E-state index contributed by atoms with van der Waals surface area (Å²) < 4.78 is 0. The summed E-state index contributed by atoms with van der Waals surface area (Å²) in [6.07, 6.45) is 0. The first-order chi connectivity index (χ1) is 6.77. The summed E-state index contributed by atoms with van der Waals surface area (Å²) in [6, 6.07) is 12.7. The number of benzene rings is 1. The maximum Gasteiger partial charge on any atom is 0.0476 e. The topological polar surface area (TPSA) is 3.24 Å². The maximum atomic E-state index is 2.22. The zero-order valence-corrected chi connectivity index (χ0v) is 9.21. The van der Waals surface area contributed by atoms with E-state index in [1.54, 1.807) is 11.3 Å². The third-order valence-corrected chi connectivity index (χ3v) is 3.13. The molecule has 1 nitrogen and oxygen atoms in total. The van der Waals surface area contributed by atoms with E-state index in [-0.39, 0.29) is 0 Å². The Morgan fingerprint density at radius 1 is 1.07 bits per heavy atom. The SMILES string of the molecule is CN(C)c1csc(-c2ccccc2)c1. The summed E-state index contributed by atoms with van der Waals surface area (Å²) in [7, 11) is 4.13. The molecule has 0 aliphatic heterocycles. The van der Waals surface area contributed by atoms with Gasteiger partial charge in [0.25, 0.3) is 0 Å². The molecule has 0 aliphatic rings. The highest BCUT2D eigenvalue weighted by atomic mass is 32.1. The minimum atomic E-state index is 1.27. The summed E-state index contributed by atoms with van der Waals surface area (Å²) >= 11 is 1.79. The molecule has 2 aromatic rings. The second kappa shape index (κ2) is 3.84. The van der Waals surface area contributed by atoms with Crippen molar-refractivity contribution in [2.75, 3.05) is 19.0 Å². The molecule has 0 atom stereocenters. The first kappa shape index (κ1) is 9.28. The fourth-order valence-corrected chi connectivity index (χ4v) is 2.30. The molecule has 1 aromatic carbocycles. The lowest BCUT2D eigenvalue weighted by molar-refractivity contribution is 1.14. The first-order valence-electron chi connectivity index (χ1n) is 4.58. The normalized spacial score (nSPS) is 10.1. The zero-order chi connectivity index (χ0) is 9.97. The molecule has 1 heterocycles. The van der Waals surface area contributed by atoms with Crippen LogP contribution in [0.25, 0.3) is 10.4 Å². The van der Waals surface area contributed by atoms with E-state index < -0.39 is 0 Å². The average molecular weight is 203 g/mol. The molecule has 0 spiro atoms. The molecule has 0 fully saturated rings. The van der Waals surface area contributed by atoms with Crippen LogP contribution >= 0.6 is 11.3 Å². The Morgan fingerprint density at radius 3 is 2.36 bits per heavy atom. The highest BCUT2D eigenvalue weighted by Gasteiger charge is 2.02. The number of rotatable bonds is 2. The highest BCUT2D eigenvalue weighted by molar-refractivity contribution is 7.14. The van der Waals surface area contributed by atoms with Crippen molar-refractivity contribution in [3.8, 4) is 10.4 Å². The van der Waals surface area contributed by atoms with E-state index in [0.29, 0.717) is 0 Å². The van der Waals surface area contributed by atoms with Gasteiger partial charge in [-0.05, 0) is 11.6 Å². The number of hydrogen-bond donors (Lipinski definition) is 0. The van der Waals surface area contributed by atoms with Crippen molar-refractivity contribution >= 4 is 17.0 Å². The van der Waals surface area contributed by atoms with Crippen LogP contribution in [0.5, 0.6) is 0 Å². The van der Waals surface area contributed by atoms with Crippen LogP contribution in [0.1, 0.15) is 0 Å². The lowest BCUT2D eigenvalue weighted by atomic mass is 10.2. The van der Waals surface area contributed by atoms with E-state index >= 15 is 0 Å². The summed E-state index contributed by atoms with van der Waals surface area (Å²) in [5, 5.41) is 2.18. The van der Waals surface area contributed by atoms with Gasteiger partial charge in [0.15, 0.2) is 0 Å². The summed E-state index contributed by atoms with van der Waals surface area (Å²) in [6.45, 7) is 0. The van der Waals surface area contributed by atoms with Gasteiger partial charge in [-0.15, -0.1) is 11.3 Å². The quantitative estimate of drug-likeness (QED) is 0.722. The van der Waals surface area contributed by atoms with Gasteiger partial charge < -0.3 is 4.90 Å². The van der Waals surface area contributed by atoms with Crippen LogP contribution in [-0.4, -0.2) is 14.1 Å². The number of nitrogens with zero attached hydrogens (tertiary/aromatic N) is 1. The summed E-state index contributed by atoms with van der Waals surface area (Å²) in [5.74, 6) is 0. The summed E-state index contributed by atoms with van der Waals surface area (Å²) in [5.41, 5.74) is 2.57. The Bertz CT molecular complexity index is 403. The third-order valence-electron chi connectivity index (χ3n) is 2.16. The van der Waals surface area contributed by atoms with Crippen molar-refractivity contribution in [1.29, 1.82) is 0 Å². The van der Waals surface area contributed by atoms with Crippen molar-refractivity contribution in [2.24, 2.45) is 0 Å². The molecule has 2 heteroatoms. The largest absolute Gasteiger partial charge is 0.377 e. The van der Waals surface area contributed by atoms with Crippen LogP contribution in [0.15, 0.2) is 41.8 Å². The Balaban J connectivity index is 2.34. The van der Waals surface area contributed by atoms with E-state index in [4.69, 9.17) is 0 Å². The molecule has 72 valence electrons. The van der Waals surface area contributed by atoms with Crippen LogP contribution in [0, 0.1) is 0 Å². The molecular weight excluding hydrogens is 190 g/mol. The second-order valence-corrected chi connectivity index (χ2v) is 4.34. The first-order valence-corrected chi connectivity index (χ1v) is 5.46. The van der Waals surface area contributed by atoms with Gasteiger partial charge in [-0.25, -0.2) is 0 Å². The lowest BCUT2D eigenvalue weighted by Crippen LogP contribution is -2.06. The summed E-state index contributed by atoms with van der Waals surface area (Å²) in [4.78, 5) is 3.46. The molecule has 0 radical (unpaired) electrons. The fourth-order valence-electron chi connectivity index (χ4n) is 1.31. The van der Waals surface area contributed by atoms with Crippen molar-refractivity contribution in [2.45, 2.75) is 0 Å². The van der Waals surface area contributed by atoms with Crippen molar-refractivity contribution in [1.82, 2.24) is 0 Å². The van der Waals surface area contributed by atoms with Crippen molar-refractivity contribution < 1.29 is 0 Å². The Labute approximate surface area is 88.6 Å². The van der Waals surface area contributed by atoms with E-state index in [1.807, 2.05) is 6.07 Å². The van der Waals surface area contributed by atoms with Gasteiger partial charge in [0.1, 0.15) is 0 Å². The molecule has 0 saturated heterocycles. The van der Waals surface area contributed by atoms with E-state index in [9.17, 15) is 0 Å². The third kappa shape index (κ3) is 1.80. The van der Waals surface area contributed by atoms with Gasteiger partial charge in [0, 0.05) is 30.0 Å².